The summed E-state index contributed by atoms with van der Waals surface area (Å²) >= 11 is 0. The normalized spacial score (nSPS) is 30.2. The summed E-state index contributed by atoms with van der Waals surface area (Å²) < 4.78 is 0. The third-order valence-corrected chi connectivity index (χ3v) is 2.55. The molecule has 76 valence electrons. The second-order valence-corrected chi connectivity index (χ2v) is 3.58. The zero-order valence-corrected chi connectivity index (χ0v) is 8.42. The fourth-order valence-corrected chi connectivity index (χ4v) is 1.82. The van der Waals surface area contributed by atoms with Crippen LogP contribution in [0.1, 0.15) is 20.3 Å². The highest BCUT2D eigenvalue weighted by molar-refractivity contribution is 5.82. The van der Waals surface area contributed by atoms with Gasteiger partial charge in [0.15, 0.2) is 0 Å². The van der Waals surface area contributed by atoms with Crippen LogP contribution in [-0.2, 0) is 4.79 Å². The van der Waals surface area contributed by atoms with Crippen LogP contribution in [0, 0.1) is 0 Å². The number of nitrogens with one attached hydrogen (secondary N) is 1. The number of nitrogens with two attached hydrogens (primary N) is 1. The van der Waals surface area contributed by atoms with Crippen LogP contribution in [-0.4, -0.2) is 42.5 Å². The molecule has 1 aliphatic rings. The molecule has 3 N–H and O–H groups in total. The SMILES string of the molecule is CCCN1C(C)CNC(=O)C1CN. The molecule has 0 aromatic rings. The van der Waals surface area contributed by atoms with Gasteiger partial charge in [0.25, 0.3) is 0 Å². The van der Waals surface area contributed by atoms with Gasteiger partial charge < -0.3 is 11.1 Å². The molecular formula is C9H19N3O. The maximum atomic E-state index is 11.4. The van der Waals surface area contributed by atoms with E-state index in [-0.39, 0.29) is 11.9 Å². The van der Waals surface area contributed by atoms with Crippen molar-refractivity contribution in [2.24, 2.45) is 5.73 Å². The van der Waals surface area contributed by atoms with Crippen molar-refractivity contribution < 1.29 is 4.79 Å². The van der Waals surface area contributed by atoms with Gasteiger partial charge in [0, 0.05) is 19.1 Å². The van der Waals surface area contributed by atoms with E-state index in [1.165, 1.54) is 0 Å². The van der Waals surface area contributed by atoms with Crippen LogP contribution in [0.2, 0.25) is 0 Å². The van der Waals surface area contributed by atoms with Crippen LogP contribution >= 0.6 is 0 Å². The summed E-state index contributed by atoms with van der Waals surface area (Å²) in [5.41, 5.74) is 5.57. The van der Waals surface area contributed by atoms with E-state index >= 15 is 0 Å². The second kappa shape index (κ2) is 4.58. The predicted molar refractivity (Wildman–Crippen MR) is 52.3 cm³/mol. The molecule has 13 heavy (non-hydrogen) atoms. The molecule has 0 radical (unpaired) electrons. The van der Waals surface area contributed by atoms with Gasteiger partial charge in [0.1, 0.15) is 6.04 Å². The summed E-state index contributed by atoms with van der Waals surface area (Å²) in [6.45, 7) is 6.35. The van der Waals surface area contributed by atoms with Crippen LogP contribution in [0.5, 0.6) is 0 Å². The minimum Gasteiger partial charge on any atom is -0.353 e. The van der Waals surface area contributed by atoms with Crippen molar-refractivity contribution in [2.45, 2.75) is 32.4 Å². The summed E-state index contributed by atoms with van der Waals surface area (Å²) in [4.78, 5) is 13.6. The van der Waals surface area contributed by atoms with Gasteiger partial charge in [-0.2, -0.15) is 0 Å². The molecule has 0 aliphatic carbocycles. The molecule has 2 atom stereocenters. The highest BCUT2D eigenvalue weighted by Crippen LogP contribution is 2.10. The van der Waals surface area contributed by atoms with Gasteiger partial charge in [0.05, 0.1) is 0 Å². The predicted octanol–water partition coefficient (Wildman–Crippen LogP) is -0.456. The first-order chi connectivity index (χ1) is 6.20. The van der Waals surface area contributed by atoms with Crippen molar-refractivity contribution in [2.75, 3.05) is 19.6 Å². The number of hydrogen-bond acceptors (Lipinski definition) is 3. The van der Waals surface area contributed by atoms with Crippen molar-refractivity contribution in [3.8, 4) is 0 Å². The molecule has 1 heterocycles. The van der Waals surface area contributed by atoms with Crippen molar-refractivity contribution in [3.63, 3.8) is 0 Å². The van der Waals surface area contributed by atoms with Crippen molar-refractivity contribution in [3.05, 3.63) is 0 Å². The highest BCUT2D eigenvalue weighted by Gasteiger charge is 2.31. The number of hydrogen-bond donors (Lipinski definition) is 2. The van der Waals surface area contributed by atoms with E-state index in [4.69, 9.17) is 5.73 Å². The van der Waals surface area contributed by atoms with E-state index in [0.717, 1.165) is 19.5 Å². The molecule has 0 saturated carbocycles. The van der Waals surface area contributed by atoms with Gasteiger partial charge in [-0.1, -0.05) is 6.92 Å². The van der Waals surface area contributed by atoms with E-state index in [9.17, 15) is 4.79 Å². The first kappa shape index (κ1) is 10.5. The summed E-state index contributed by atoms with van der Waals surface area (Å²) in [5, 5.41) is 2.86. The van der Waals surface area contributed by atoms with Gasteiger partial charge in [-0.3, -0.25) is 9.69 Å². The molecule has 1 fully saturated rings. The lowest BCUT2D eigenvalue weighted by molar-refractivity contribution is -0.130. The summed E-state index contributed by atoms with van der Waals surface area (Å²) in [7, 11) is 0. The van der Waals surface area contributed by atoms with Crippen LogP contribution in [0.3, 0.4) is 0 Å². The largest absolute Gasteiger partial charge is 0.353 e. The van der Waals surface area contributed by atoms with Crippen molar-refractivity contribution >= 4 is 5.91 Å². The minimum absolute atomic E-state index is 0.0778. The smallest absolute Gasteiger partial charge is 0.238 e. The summed E-state index contributed by atoms with van der Waals surface area (Å²) in [5.74, 6) is 0.0778. The fraction of sp³-hybridized carbons (Fsp3) is 0.889. The molecule has 1 aliphatic heterocycles. The topological polar surface area (TPSA) is 58.4 Å². The van der Waals surface area contributed by atoms with E-state index in [1.807, 2.05) is 0 Å². The van der Waals surface area contributed by atoms with Gasteiger partial charge >= 0.3 is 0 Å². The third-order valence-electron chi connectivity index (χ3n) is 2.55. The second-order valence-electron chi connectivity index (χ2n) is 3.58. The lowest BCUT2D eigenvalue weighted by atomic mass is 10.1. The van der Waals surface area contributed by atoms with E-state index in [0.29, 0.717) is 12.6 Å². The Morgan fingerprint density at radius 1 is 1.69 bits per heavy atom. The zero-order valence-electron chi connectivity index (χ0n) is 8.42. The average Bonchev–Trinajstić information content (AvgIpc) is 2.12. The number of amides is 1. The number of piperazine rings is 1. The number of nitrogens with zero attached hydrogens (tertiary/aromatic N) is 1. The molecule has 0 spiro atoms. The summed E-state index contributed by atoms with van der Waals surface area (Å²) in [6.07, 6.45) is 1.06. The first-order valence-electron chi connectivity index (χ1n) is 4.94. The standard InChI is InChI=1S/C9H19N3O/c1-3-4-12-7(2)6-11-9(13)8(12)5-10/h7-8H,3-6,10H2,1-2H3,(H,11,13). The maximum Gasteiger partial charge on any atom is 0.238 e. The van der Waals surface area contributed by atoms with Crippen LogP contribution < -0.4 is 11.1 Å². The van der Waals surface area contributed by atoms with Crippen LogP contribution in [0.15, 0.2) is 0 Å². The Labute approximate surface area is 79.5 Å². The zero-order chi connectivity index (χ0) is 9.84. The molecular weight excluding hydrogens is 166 g/mol. The Bertz CT molecular complexity index is 184. The lowest BCUT2D eigenvalue weighted by Crippen LogP contribution is -2.61. The monoisotopic (exact) mass is 185 g/mol. The van der Waals surface area contributed by atoms with E-state index < -0.39 is 0 Å². The maximum absolute atomic E-state index is 11.4. The third kappa shape index (κ3) is 2.19. The van der Waals surface area contributed by atoms with Gasteiger partial charge in [-0.15, -0.1) is 0 Å². The molecule has 2 unspecified atom stereocenters. The van der Waals surface area contributed by atoms with Crippen molar-refractivity contribution in [1.82, 2.24) is 10.2 Å². The van der Waals surface area contributed by atoms with E-state index in [2.05, 4.69) is 24.1 Å². The minimum atomic E-state index is -0.122. The highest BCUT2D eigenvalue weighted by atomic mass is 16.2. The molecule has 1 saturated heterocycles. The van der Waals surface area contributed by atoms with Crippen molar-refractivity contribution in [1.29, 1.82) is 0 Å². The first-order valence-corrected chi connectivity index (χ1v) is 4.94. The average molecular weight is 185 g/mol. The quantitative estimate of drug-likeness (QED) is 0.626. The molecule has 0 aromatic carbocycles. The molecule has 4 nitrogen and oxygen atoms in total. The van der Waals surface area contributed by atoms with E-state index in [1.54, 1.807) is 0 Å². The molecule has 1 amide bonds. The number of carbonyl (C=O) groups is 1. The van der Waals surface area contributed by atoms with Gasteiger partial charge in [0.2, 0.25) is 5.91 Å². The Kier molecular flexibility index (Phi) is 3.69. The molecule has 1 rings (SSSR count). The van der Waals surface area contributed by atoms with Crippen LogP contribution in [0.25, 0.3) is 0 Å². The Hall–Kier alpha value is -0.610. The molecule has 4 heteroatoms. The van der Waals surface area contributed by atoms with Crippen LogP contribution in [0.4, 0.5) is 0 Å². The van der Waals surface area contributed by atoms with Gasteiger partial charge in [-0.05, 0) is 19.9 Å². The summed E-state index contributed by atoms with van der Waals surface area (Å²) in [6, 6.07) is 0.287. The Morgan fingerprint density at radius 3 is 2.92 bits per heavy atom. The Balaban J connectivity index is 2.65. The number of rotatable bonds is 3. The molecule has 0 bridgehead atoms. The fourth-order valence-electron chi connectivity index (χ4n) is 1.82. The lowest BCUT2D eigenvalue weighted by Gasteiger charge is -2.39. The number of carbonyl (C=O) groups excluding carboxylic acids is 1. The van der Waals surface area contributed by atoms with Gasteiger partial charge in [-0.25, -0.2) is 0 Å². The molecule has 0 aromatic heterocycles. The Morgan fingerprint density at radius 2 is 2.38 bits per heavy atom.